The summed E-state index contributed by atoms with van der Waals surface area (Å²) >= 11 is 0. The van der Waals surface area contributed by atoms with Crippen LogP contribution >= 0.6 is 0 Å². The van der Waals surface area contributed by atoms with E-state index >= 15 is 0 Å². The lowest BCUT2D eigenvalue weighted by Crippen LogP contribution is -2.42. The van der Waals surface area contributed by atoms with Crippen LogP contribution in [-0.2, 0) is 14.3 Å². The van der Waals surface area contributed by atoms with Crippen molar-refractivity contribution in [2.24, 2.45) is 5.92 Å². The van der Waals surface area contributed by atoms with E-state index < -0.39 is 0 Å². The fraction of sp³-hybridized carbons (Fsp3) is 0.667. The minimum atomic E-state index is -0.236. The molecule has 0 bridgehead atoms. The molecule has 0 spiro atoms. The SMILES string of the molecule is O=C(C1CC(=O)N(C2CCOCC2)C1)N1CCC(Oc2cccnn2)C1. The van der Waals surface area contributed by atoms with Crippen LogP contribution in [0.25, 0.3) is 0 Å². The van der Waals surface area contributed by atoms with Gasteiger partial charge in [0, 0.05) is 57.4 Å². The summed E-state index contributed by atoms with van der Waals surface area (Å²) in [6, 6.07) is 3.76. The third kappa shape index (κ3) is 3.65. The molecule has 0 radical (unpaired) electrons. The number of likely N-dealkylation sites (tertiary alicyclic amines) is 2. The van der Waals surface area contributed by atoms with Crippen LogP contribution in [0.2, 0.25) is 0 Å². The van der Waals surface area contributed by atoms with E-state index in [0.717, 1.165) is 19.3 Å². The predicted octanol–water partition coefficient (Wildman–Crippen LogP) is 0.484. The molecule has 8 nitrogen and oxygen atoms in total. The molecular weight excluding hydrogens is 336 g/mol. The van der Waals surface area contributed by atoms with E-state index in [2.05, 4.69) is 10.2 Å². The molecule has 0 N–H and O–H groups in total. The first kappa shape index (κ1) is 17.2. The Hall–Kier alpha value is -2.22. The fourth-order valence-electron chi connectivity index (χ4n) is 4.05. The molecule has 0 aromatic carbocycles. The molecule has 2 atom stereocenters. The van der Waals surface area contributed by atoms with Gasteiger partial charge in [-0.25, -0.2) is 0 Å². The molecule has 1 aromatic heterocycles. The number of ether oxygens (including phenoxy) is 2. The van der Waals surface area contributed by atoms with Crippen LogP contribution in [-0.4, -0.2) is 76.8 Å². The molecule has 8 heteroatoms. The normalized spacial score (nSPS) is 27.2. The molecule has 1 aromatic rings. The minimum absolute atomic E-state index is 0.0677. The van der Waals surface area contributed by atoms with Gasteiger partial charge in [-0.15, -0.1) is 5.10 Å². The van der Waals surface area contributed by atoms with Gasteiger partial charge >= 0.3 is 0 Å². The molecule has 2 amide bonds. The maximum absolute atomic E-state index is 12.9. The van der Waals surface area contributed by atoms with Crippen LogP contribution in [0.1, 0.15) is 25.7 Å². The van der Waals surface area contributed by atoms with Crippen LogP contribution < -0.4 is 4.74 Å². The van der Waals surface area contributed by atoms with Crippen LogP contribution in [0.4, 0.5) is 0 Å². The van der Waals surface area contributed by atoms with E-state index in [4.69, 9.17) is 9.47 Å². The lowest BCUT2D eigenvalue weighted by Gasteiger charge is -2.31. The summed E-state index contributed by atoms with van der Waals surface area (Å²) in [5, 5.41) is 7.72. The largest absolute Gasteiger partial charge is 0.471 e. The molecule has 0 saturated carbocycles. The average Bonchev–Trinajstić information content (AvgIpc) is 3.29. The summed E-state index contributed by atoms with van der Waals surface area (Å²) in [7, 11) is 0. The van der Waals surface area contributed by atoms with Crippen molar-refractivity contribution >= 4 is 11.8 Å². The Morgan fingerprint density at radius 2 is 2.08 bits per heavy atom. The first-order valence-corrected chi connectivity index (χ1v) is 9.31. The number of nitrogens with zero attached hydrogens (tertiary/aromatic N) is 4. The molecule has 3 saturated heterocycles. The third-order valence-electron chi connectivity index (χ3n) is 5.43. The van der Waals surface area contributed by atoms with Crippen LogP contribution in [0.15, 0.2) is 18.3 Å². The zero-order valence-corrected chi connectivity index (χ0v) is 14.7. The molecule has 140 valence electrons. The van der Waals surface area contributed by atoms with E-state index in [-0.39, 0.29) is 29.9 Å². The average molecular weight is 360 g/mol. The Morgan fingerprint density at radius 3 is 2.85 bits per heavy atom. The van der Waals surface area contributed by atoms with E-state index in [1.165, 1.54) is 0 Å². The van der Waals surface area contributed by atoms with Crippen molar-refractivity contribution in [3.8, 4) is 5.88 Å². The van der Waals surface area contributed by atoms with Gasteiger partial charge in [0.05, 0.1) is 12.5 Å². The van der Waals surface area contributed by atoms with Gasteiger partial charge in [-0.1, -0.05) is 0 Å². The number of carbonyl (C=O) groups excluding carboxylic acids is 2. The standard InChI is InChI=1S/C18H24N4O4/c23-17-10-13(11-22(17)14-4-8-25-9-5-14)18(24)21-7-3-15(12-21)26-16-2-1-6-19-20-16/h1-2,6,13-15H,3-5,7-12H2. The molecule has 26 heavy (non-hydrogen) atoms. The Kier molecular flexibility index (Phi) is 5.01. The quantitative estimate of drug-likeness (QED) is 0.777. The Morgan fingerprint density at radius 1 is 1.23 bits per heavy atom. The second-order valence-electron chi connectivity index (χ2n) is 7.17. The van der Waals surface area contributed by atoms with Crippen molar-refractivity contribution in [1.29, 1.82) is 0 Å². The number of carbonyl (C=O) groups is 2. The number of rotatable bonds is 4. The highest BCUT2D eigenvalue weighted by molar-refractivity contribution is 5.89. The minimum Gasteiger partial charge on any atom is -0.471 e. The van der Waals surface area contributed by atoms with Gasteiger partial charge in [-0.05, 0) is 18.9 Å². The highest BCUT2D eigenvalue weighted by Gasteiger charge is 2.41. The second-order valence-corrected chi connectivity index (χ2v) is 7.17. The first-order chi connectivity index (χ1) is 12.7. The van der Waals surface area contributed by atoms with E-state index in [1.807, 2.05) is 9.80 Å². The monoisotopic (exact) mass is 360 g/mol. The highest BCUT2D eigenvalue weighted by atomic mass is 16.5. The third-order valence-corrected chi connectivity index (χ3v) is 5.43. The van der Waals surface area contributed by atoms with Gasteiger partial charge in [0.15, 0.2) is 0 Å². The van der Waals surface area contributed by atoms with Gasteiger partial charge in [-0.3, -0.25) is 9.59 Å². The fourth-order valence-corrected chi connectivity index (χ4v) is 4.05. The highest BCUT2D eigenvalue weighted by Crippen LogP contribution is 2.27. The predicted molar refractivity (Wildman–Crippen MR) is 91.3 cm³/mol. The Bertz CT molecular complexity index is 650. The lowest BCUT2D eigenvalue weighted by atomic mass is 10.1. The Balaban J connectivity index is 1.31. The maximum Gasteiger partial charge on any atom is 0.233 e. The van der Waals surface area contributed by atoms with E-state index in [0.29, 0.717) is 45.1 Å². The zero-order valence-electron chi connectivity index (χ0n) is 14.7. The van der Waals surface area contributed by atoms with Crippen LogP contribution in [0.5, 0.6) is 5.88 Å². The van der Waals surface area contributed by atoms with Gasteiger partial charge in [0.2, 0.25) is 17.7 Å². The van der Waals surface area contributed by atoms with Crippen LogP contribution in [0, 0.1) is 5.92 Å². The first-order valence-electron chi connectivity index (χ1n) is 9.31. The number of aromatic nitrogens is 2. The van der Waals surface area contributed by atoms with Crippen molar-refractivity contribution < 1.29 is 19.1 Å². The summed E-state index contributed by atoms with van der Waals surface area (Å²) in [5.41, 5.74) is 0. The van der Waals surface area contributed by atoms with Crippen molar-refractivity contribution in [3.05, 3.63) is 18.3 Å². The molecule has 3 aliphatic rings. The maximum atomic E-state index is 12.9. The van der Waals surface area contributed by atoms with E-state index in [9.17, 15) is 9.59 Å². The topological polar surface area (TPSA) is 84.9 Å². The molecule has 4 heterocycles. The molecule has 3 aliphatic heterocycles. The second kappa shape index (κ2) is 7.57. The number of hydrogen-bond donors (Lipinski definition) is 0. The van der Waals surface area contributed by atoms with Gasteiger partial charge < -0.3 is 19.3 Å². The molecule has 2 unspecified atom stereocenters. The van der Waals surface area contributed by atoms with E-state index in [1.54, 1.807) is 18.3 Å². The smallest absolute Gasteiger partial charge is 0.233 e. The Labute approximate surface area is 152 Å². The molecule has 0 aliphatic carbocycles. The van der Waals surface area contributed by atoms with Crippen molar-refractivity contribution in [3.63, 3.8) is 0 Å². The molecule has 4 rings (SSSR count). The number of hydrogen-bond acceptors (Lipinski definition) is 6. The van der Waals surface area contributed by atoms with Gasteiger partial charge in [-0.2, -0.15) is 5.10 Å². The lowest BCUT2D eigenvalue weighted by molar-refractivity contribution is -0.135. The molecular formula is C18H24N4O4. The van der Waals surface area contributed by atoms with Gasteiger partial charge in [0.25, 0.3) is 0 Å². The summed E-state index contributed by atoms with van der Waals surface area (Å²) in [6.45, 7) is 3.12. The van der Waals surface area contributed by atoms with Crippen molar-refractivity contribution in [2.75, 3.05) is 32.8 Å². The zero-order chi connectivity index (χ0) is 17.9. The summed E-state index contributed by atoms with van der Waals surface area (Å²) in [4.78, 5) is 29.0. The summed E-state index contributed by atoms with van der Waals surface area (Å²) < 4.78 is 11.2. The number of amides is 2. The molecule has 3 fully saturated rings. The van der Waals surface area contributed by atoms with Crippen LogP contribution in [0.3, 0.4) is 0 Å². The van der Waals surface area contributed by atoms with Crippen molar-refractivity contribution in [2.45, 2.75) is 37.8 Å². The van der Waals surface area contributed by atoms with Crippen molar-refractivity contribution in [1.82, 2.24) is 20.0 Å². The van der Waals surface area contributed by atoms with Gasteiger partial charge in [0.1, 0.15) is 6.10 Å². The summed E-state index contributed by atoms with van der Waals surface area (Å²) in [5.74, 6) is 0.411. The summed E-state index contributed by atoms with van der Waals surface area (Å²) in [6.07, 6.45) is 4.35.